The van der Waals surface area contributed by atoms with E-state index >= 15 is 0 Å². The molecule has 2 atom stereocenters. The van der Waals surface area contributed by atoms with Crippen LogP contribution in [0.2, 0.25) is 0 Å². The summed E-state index contributed by atoms with van der Waals surface area (Å²) in [6, 6.07) is 14.1. The molecule has 1 unspecified atom stereocenters. The summed E-state index contributed by atoms with van der Waals surface area (Å²) in [6.07, 6.45) is 3.35. The van der Waals surface area contributed by atoms with Gasteiger partial charge in [-0.05, 0) is 42.5 Å². The van der Waals surface area contributed by atoms with Crippen molar-refractivity contribution >= 4 is 17.7 Å². The Hall–Kier alpha value is -2.95. The summed E-state index contributed by atoms with van der Waals surface area (Å²) in [7, 11) is 0. The van der Waals surface area contributed by atoms with Crippen molar-refractivity contribution in [2.24, 2.45) is 0 Å². The smallest absolute Gasteiger partial charge is 0.262 e. The summed E-state index contributed by atoms with van der Waals surface area (Å²) in [4.78, 5) is 42.5. The highest BCUT2D eigenvalue weighted by atomic mass is 16.2. The minimum Gasteiger partial charge on any atom is -0.334 e. The van der Waals surface area contributed by atoms with Crippen LogP contribution in [0.5, 0.6) is 0 Å². The Kier molecular flexibility index (Phi) is 3.64. The standard InChI is InChI=1S/C22H20N2O3/c25-20-16-9-3-4-10-17(16)21(26)24(20)19-13-14-7-1-2-8-15(14)18-11-5-6-12-23(18)22(19)27/h1-4,7-10,18-19H,5-6,11-13H2/t18?,19-/m0/s1. The van der Waals surface area contributed by atoms with E-state index in [1.165, 1.54) is 4.90 Å². The fraction of sp³-hybridized carbons (Fsp3) is 0.318. The summed E-state index contributed by atoms with van der Waals surface area (Å²) in [5.74, 6) is -0.825. The van der Waals surface area contributed by atoms with Gasteiger partial charge in [0.25, 0.3) is 11.8 Å². The molecule has 0 bridgehead atoms. The number of benzene rings is 2. The van der Waals surface area contributed by atoms with E-state index in [9.17, 15) is 14.4 Å². The van der Waals surface area contributed by atoms with Gasteiger partial charge in [-0.3, -0.25) is 19.3 Å². The van der Waals surface area contributed by atoms with Gasteiger partial charge in [0.1, 0.15) is 6.04 Å². The molecule has 2 aromatic carbocycles. The van der Waals surface area contributed by atoms with E-state index in [0.29, 0.717) is 24.1 Å². The zero-order valence-electron chi connectivity index (χ0n) is 14.9. The van der Waals surface area contributed by atoms with Crippen LogP contribution in [0, 0.1) is 0 Å². The average molecular weight is 360 g/mol. The lowest BCUT2D eigenvalue weighted by Gasteiger charge is -2.37. The number of amides is 3. The molecule has 0 N–H and O–H groups in total. The van der Waals surface area contributed by atoms with Crippen molar-refractivity contribution in [2.45, 2.75) is 37.8 Å². The van der Waals surface area contributed by atoms with Gasteiger partial charge in [-0.25, -0.2) is 0 Å². The Morgan fingerprint density at radius 1 is 0.778 bits per heavy atom. The number of hydrogen-bond donors (Lipinski definition) is 0. The molecule has 3 aliphatic heterocycles. The fourth-order valence-corrected chi connectivity index (χ4v) is 4.74. The number of imide groups is 1. The van der Waals surface area contributed by atoms with Crippen molar-refractivity contribution in [1.29, 1.82) is 0 Å². The first-order valence-corrected chi connectivity index (χ1v) is 9.52. The molecule has 2 aromatic rings. The molecular weight excluding hydrogens is 340 g/mol. The molecule has 136 valence electrons. The third-order valence-electron chi connectivity index (χ3n) is 6.04. The normalized spacial score (nSPS) is 24.4. The predicted molar refractivity (Wildman–Crippen MR) is 99.2 cm³/mol. The van der Waals surface area contributed by atoms with Crippen molar-refractivity contribution in [2.75, 3.05) is 6.54 Å². The van der Waals surface area contributed by atoms with Crippen LogP contribution in [0.1, 0.15) is 57.1 Å². The van der Waals surface area contributed by atoms with Gasteiger partial charge in [0.15, 0.2) is 0 Å². The van der Waals surface area contributed by atoms with E-state index in [0.717, 1.165) is 30.4 Å². The summed E-state index contributed by atoms with van der Waals surface area (Å²) >= 11 is 0. The highest BCUT2D eigenvalue weighted by Gasteiger charge is 2.46. The predicted octanol–water partition coefficient (Wildman–Crippen LogP) is 2.96. The van der Waals surface area contributed by atoms with Gasteiger partial charge in [0.2, 0.25) is 5.91 Å². The Morgan fingerprint density at radius 2 is 1.44 bits per heavy atom. The third kappa shape index (κ3) is 2.34. The maximum atomic E-state index is 13.5. The Bertz CT molecular complexity index is 933. The molecule has 0 saturated carbocycles. The van der Waals surface area contributed by atoms with Crippen LogP contribution in [0.4, 0.5) is 0 Å². The Labute approximate surface area is 157 Å². The van der Waals surface area contributed by atoms with Crippen molar-refractivity contribution in [1.82, 2.24) is 9.80 Å². The molecular formula is C22H20N2O3. The molecule has 1 fully saturated rings. The minimum absolute atomic E-state index is 0.0441. The second-order valence-corrected chi connectivity index (χ2v) is 7.49. The number of rotatable bonds is 1. The second-order valence-electron chi connectivity index (χ2n) is 7.49. The maximum Gasteiger partial charge on any atom is 0.262 e. The molecule has 1 saturated heterocycles. The van der Waals surface area contributed by atoms with Crippen molar-refractivity contribution in [3.63, 3.8) is 0 Å². The number of hydrogen-bond acceptors (Lipinski definition) is 3. The van der Waals surface area contributed by atoms with E-state index in [-0.39, 0.29) is 23.8 Å². The molecule has 0 spiro atoms. The highest BCUT2D eigenvalue weighted by molar-refractivity contribution is 6.22. The molecule has 0 radical (unpaired) electrons. The Morgan fingerprint density at radius 3 is 2.19 bits per heavy atom. The van der Waals surface area contributed by atoms with Gasteiger partial charge in [0, 0.05) is 13.0 Å². The molecule has 0 aliphatic carbocycles. The Balaban J connectivity index is 1.60. The van der Waals surface area contributed by atoms with Crippen LogP contribution in [0.25, 0.3) is 0 Å². The van der Waals surface area contributed by atoms with Gasteiger partial charge < -0.3 is 4.90 Å². The lowest BCUT2D eigenvalue weighted by Crippen LogP contribution is -2.52. The van der Waals surface area contributed by atoms with Gasteiger partial charge in [-0.1, -0.05) is 36.4 Å². The van der Waals surface area contributed by atoms with Gasteiger partial charge >= 0.3 is 0 Å². The molecule has 27 heavy (non-hydrogen) atoms. The SMILES string of the molecule is O=C1[C@@H](N2C(=O)c3ccccc3C2=O)Cc2ccccc2C2CCCCN12. The third-order valence-corrected chi connectivity index (χ3v) is 6.04. The quantitative estimate of drug-likeness (QED) is 0.735. The van der Waals surface area contributed by atoms with Crippen molar-refractivity contribution in [3.05, 3.63) is 70.8 Å². The highest BCUT2D eigenvalue weighted by Crippen LogP contribution is 2.38. The van der Waals surface area contributed by atoms with Gasteiger partial charge in [-0.2, -0.15) is 0 Å². The number of fused-ring (bicyclic) bond motifs is 4. The van der Waals surface area contributed by atoms with E-state index < -0.39 is 6.04 Å². The largest absolute Gasteiger partial charge is 0.334 e. The second kappa shape index (κ2) is 6.05. The van der Waals surface area contributed by atoms with E-state index in [1.54, 1.807) is 24.3 Å². The zero-order valence-corrected chi connectivity index (χ0v) is 14.9. The molecule has 0 aromatic heterocycles. The van der Waals surface area contributed by atoms with Crippen LogP contribution in [-0.4, -0.2) is 40.1 Å². The first-order chi connectivity index (χ1) is 13.2. The lowest BCUT2D eigenvalue weighted by atomic mass is 9.92. The molecule has 5 heteroatoms. The van der Waals surface area contributed by atoms with Crippen LogP contribution >= 0.6 is 0 Å². The van der Waals surface area contributed by atoms with Crippen molar-refractivity contribution in [3.8, 4) is 0 Å². The molecule has 5 nitrogen and oxygen atoms in total. The van der Waals surface area contributed by atoms with Crippen molar-refractivity contribution < 1.29 is 14.4 Å². The van der Waals surface area contributed by atoms with Gasteiger partial charge in [-0.15, -0.1) is 0 Å². The van der Waals surface area contributed by atoms with Gasteiger partial charge in [0.05, 0.1) is 17.2 Å². The topological polar surface area (TPSA) is 57.7 Å². The minimum atomic E-state index is -0.776. The van der Waals surface area contributed by atoms with Crippen LogP contribution < -0.4 is 0 Å². The summed E-state index contributed by atoms with van der Waals surface area (Å²) < 4.78 is 0. The monoisotopic (exact) mass is 360 g/mol. The van der Waals surface area contributed by atoms with E-state index in [4.69, 9.17) is 0 Å². The number of carbonyl (C=O) groups excluding carboxylic acids is 3. The maximum absolute atomic E-state index is 13.5. The number of carbonyl (C=O) groups is 3. The molecule has 3 heterocycles. The summed E-state index contributed by atoms with van der Waals surface area (Å²) in [5.41, 5.74) is 3.00. The van der Waals surface area contributed by atoms with Crippen LogP contribution in [0.15, 0.2) is 48.5 Å². The number of piperidine rings is 1. The lowest BCUT2D eigenvalue weighted by molar-refractivity contribution is -0.138. The van der Waals surface area contributed by atoms with Crippen LogP contribution in [-0.2, 0) is 11.2 Å². The molecule has 3 aliphatic rings. The molecule has 5 rings (SSSR count). The first-order valence-electron chi connectivity index (χ1n) is 9.52. The average Bonchev–Trinajstić information content (AvgIpc) is 2.89. The molecule has 3 amide bonds. The van der Waals surface area contributed by atoms with Crippen LogP contribution in [0.3, 0.4) is 0 Å². The fourth-order valence-electron chi connectivity index (χ4n) is 4.74. The van der Waals surface area contributed by atoms with E-state index in [1.807, 2.05) is 23.1 Å². The summed E-state index contributed by atoms with van der Waals surface area (Å²) in [5, 5.41) is 0. The number of nitrogens with zero attached hydrogens (tertiary/aromatic N) is 2. The first kappa shape index (κ1) is 16.2. The zero-order chi connectivity index (χ0) is 18.5. The van der Waals surface area contributed by atoms with E-state index in [2.05, 4.69) is 6.07 Å². The summed E-state index contributed by atoms with van der Waals surface area (Å²) in [6.45, 7) is 0.678.